The number of carbonyl (C=O) groups is 1. The molecule has 1 saturated carbocycles. The Morgan fingerprint density at radius 3 is 2.33 bits per heavy atom. The Morgan fingerprint density at radius 2 is 1.92 bits per heavy atom. The Morgan fingerprint density at radius 1 is 1.42 bits per heavy atom. The molecule has 3 nitrogen and oxygen atoms in total. The molecule has 5 heteroatoms. The Bertz CT molecular complexity index is 171. The molecule has 0 atom stereocenters. The lowest BCUT2D eigenvalue weighted by atomic mass is 9.94. The van der Waals surface area contributed by atoms with Crippen molar-refractivity contribution in [2.45, 2.75) is 37.7 Å². The summed E-state index contributed by atoms with van der Waals surface area (Å²) < 4.78 is 29.4. The van der Waals surface area contributed by atoms with E-state index >= 15 is 0 Å². The summed E-state index contributed by atoms with van der Waals surface area (Å²) in [6.07, 6.45) is -2.22. The van der Waals surface area contributed by atoms with Gasteiger partial charge in [-0.2, -0.15) is 0 Å². The zero-order chi connectivity index (χ0) is 9.19. The maximum Gasteiger partial charge on any atom is 0.506 e. The third-order valence-corrected chi connectivity index (χ3v) is 1.93. The molecule has 1 aliphatic carbocycles. The molecule has 1 fully saturated rings. The lowest BCUT2D eigenvalue weighted by Gasteiger charge is -2.26. The molecule has 0 radical (unpaired) electrons. The molecule has 0 aromatic heterocycles. The van der Waals surface area contributed by atoms with Crippen molar-refractivity contribution in [3.05, 3.63) is 0 Å². The van der Waals surface area contributed by atoms with Gasteiger partial charge in [0, 0.05) is 12.8 Å². The SMILES string of the molecule is O=C(O)OC1CCC(F)(F)CC1. The van der Waals surface area contributed by atoms with Gasteiger partial charge in [-0.15, -0.1) is 0 Å². The van der Waals surface area contributed by atoms with Crippen molar-refractivity contribution in [1.82, 2.24) is 0 Å². The highest BCUT2D eigenvalue weighted by molar-refractivity contribution is 5.57. The minimum atomic E-state index is -2.63. The molecule has 0 saturated heterocycles. The van der Waals surface area contributed by atoms with Crippen LogP contribution in [0.15, 0.2) is 0 Å². The van der Waals surface area contributed by atoms with Crippen LogP contribution in [0.25, 0.3) is 0 Å². The topological polar surface area (TPSA) is 46.5 Å². The van der Waals surface area contributed by atoms with Crippen molar-refractivity contribution in [3.8, 4) is 0 Å². The van der Waals surface area contributed by atoms with Gasteiger partial charge in [-0.1, -0.05) is 0 Å². The third-order valence-electron chi connectivity index (χ3n) is 1.93. The Balaban J connectivity index is 2.31. The average molecular weight is 180 g/mol. The minimum absolute atomic E-state index is 0.124. The van der Waals surface area contributed by atoms with Crippen LogP contribution in [0.1, 0.15) is 25.7 Å². The molecule has 12 heavy (non-hydrogen) atoms. The summed E-state index contributed by atoms with van der Waals surface area (Å²) in [6, 6.07) is 0. The predicted molar refractivity (Wildman–Crippen MR) is 36.3 cm³/mol. The fourth-order valence-electron chi connectivity index (χ4n) is 1.27. The van der Waals surface area contributed by atoms with Crippen LogP contribution in [0.3, 0.4) is 0 Å². The van der Waals surface area contributed by atoms with E-state index in [-0.39, 0.29) is 25.7 Å². The van der Waals surface area contributed by atoms with Crippen LogP contribution in [0.5, 0.6) is 0 Å². The Labute approximate surface area is 68.3 Å². The molecule has 0 aromatic rings. The van der Waals surface area contributed by atoms with Crippen molar-refractivity contribution in [1.29, 1.82) is 0 Å². The summed E-state index contributed by atoms with van der Waals surface area (Å²) in [6.45, 7) is 0. The van der Waals surface area contributed by atoms with Crippen LogP contribution in [-0.4, -0.2) is 23.3 Å². The van der Waals surface area contributed by atoms with Gasteiger partial charge in [-0.25, -0.2) is 13.6 Å². The summed E-state index contributed by atoms with van der Waals surface area (Å²) in [5, 5.41) is 8.19. The summed E-state index contributed by atoms with van der Waals surface area (Å²) >= 11 is 0. The summed E-state index contributed by atoms with van der Waals surface area (Å²) in [5.74, 6) is -2.63. The molecule has 0 amide bonds. The Kier molecular flexibility index (Phi) is 2.49. The van der Waals surface area contributed by atoms with E-state index in [0.717, 1.165) is 0 Å². The standard InChI is InChI=1S/C7H10F2O3/c8-7(9)3-1-5(2-4-7)12-6(10)11/h5H,1-4H2,(H,10,11). The molecule has 1 rings (SSSR count). The molecule has 0 bridgehead atoms. The first kappa shape index (κ1) is 9.22. The number of rotatable bonds is 1. The molecule has 1 N–H and O–H groups in total. The monoisotopic (exact) mass is 180 g/mol. The lowest BCUT2D eigenvalue weighted by Crippen LogP contribution is -2.30. The number of ether oxygens (including phenoxy) is 1. The van der Waals surface area contributed by atoms with Gasteiger partial charge in [-0.3, -0.25) is 0 Å². The molecule has 0 aromatic carbocycles. The van der Waals surface area contributed by atoms with Gasteiger partial charge in [-0.05, 0) is 12.8 Å². The van der Waals surface area contributed by atoms with E-state index in [0.29, 0.717) is 0 Å². The normalized spacial score (nSPS) is 23.5. The molecular formula is C7H10F2O3. The van der Waals surface area contributed by atoms with Crippen LogP contribution >= 0.6 is 0 Å². The van der Waals surface area contributed by atoms with E-state index in [4.69, 9.17) is 5.11 Å². The summed E-state index contributed by atoms with van der Waals surface area (Å²) in [5.41, 5.74) is 0. The average Bonchev–Trinajstić information content (AvgIpc) is 1.93. The molecule has 0 unspecified atom stereocenters. The van der Waals surface area contributed by atoms with Crippen molar-refractivity contribution in [3.63, 3.8) is 0 Å². The molecule has 70 valence electrons. The van der Waals surface area contributed by atoms with Crippen LogP contribution in [0.2, 0.25) is 0 Å². The number of hydrogen-bond donors (Lipinski definition) is 1. The van der Waals surface area contributed by atoms with Crippen LogP contribution < -0.4 is 0 Å². The van der Waals surface area contributed by atoms with E-state index in [1.165, 1.54) is 0 Å². The number of halogens is 2. The maximum atomic E-state index is 12.5. The highest BCUT2D eigenvalue weighted by Crippen LogP contribution is 2.34. The highest BCUT2D eigenvalue weighted by atomic mass is 19.3. The first-order chi connectivity index (χ1) is 5.49. The van der Waals surface area contributed by atoms with Crippen molar-refractivity contribution in [2.75, 3.05) is 0 Å². The van der Waals surface area contributed by atoms with Gasteiger partial charge in [0.2, 0.25) is 5.92 Å². The first-order valence-electron chi connectivity index (χ1n) is 3.77. The van der Waals surface area contributed by atoms with Crippen molar-refractivity contribution in [2.24, 2.45) is 0 Å². The van der Waals surface area contributed by atoms with Gasteiger partial charge in [0.15, 0.2) is 0 Å². The van der Waals surface area contributed by atoms with E-state index in [2.05, 4.69) is 4.74 Å². The summed E-state index contributed by atoms with van der Waals surface area (Å²) in [4.78, 5) is 10.0. The highest BCUT2D eigenvalue weighted by Gasteiger charge is 2.36. The first-order valence-corrected chi connectivity index (χ1v) is 3.77. The lowest BCUT2D eigenvalue weighted by molar-refractivity contribution is -0.0709. The van der Waals surface area contributed by atoms with Crippen LogP contribution in [0, 0.1) is 0 Å². The summed E-state index contributed by atoms with van der Waals surface area (Å²) in [7, 11) is 0. The van der Waals surface area contributed by atoms with Gasteiger partial charge >= 0.3 is 6.16 Å². The number of hydrogen-bond acceptors (Lipinski definition) is 2. The van der Waals surface area contributed by atoms with E-state index < -0.39 is 18.2 Å². The van der Waals surface area contributed by atoms with Crippen LogP contribution in [0.4, 0.5) is 13.6 Å². The molecule has 1 aliphatic rings. The van der Waals surface area contributed by atoms with E-state index in [9.17, 15) is 13.6 Å². The smallest absolute Gasteiger partial charge is 0.450 e. The van der Waals surface area contributed by atoms with Gasteiger partial charge in [0.05, 0.1) is 0 Å². The second-order valence-corrected chi connectivity index (χ2v) is 2.94. The zero-order valence-corrected chi connectivity index (χ0v) is 6.43. The van der Waals surface area contributed by atoms with E-state index in [1.54, 1.807) is 0 Å². The number of carboxylic acid groups (broad SMARTS) is 1. The number of alkyl halides is 2. The maximum absolute atomic E-state index is 12.5. The minimum Gasteiger partial charge on any atom is -0.450 e. The van der Waals surface area contributed by atoms with Gasteiger partial charge in [0.25, 0.3) is 0 Å². The fraction of sp³-hybridized carbons (Fsp3) is 0.857. The molecule has 0 spiro atoms. The fourth-order valence-corrected chi connectivity index (χ4v) is 1.27. The van der Waals surface area contributed by atoms with Crippen LogP contribution in [-0.2, 0) is 4.74 Å². The Hall–Kier alpha value is -0.870. The van der Waals surface area contributed by atoms with E-state index in [1.807, 2.05) is 0 Å². The van der Waals surface area contributed by atoms with Gasteiger partial charge < -0.3 is 9.84 Å². The van der Waals surface area contributed by atoms with Crippen molar-refractivity contribution >= 4 is 6.16 Å². The largest absolute Gasteiger partial charge is 0.506 e. The zero-order valence-electron chi connectivity index (χ0n) is 6.43. The predicted octanol–water partition coefficient (Wildman–Crippen LogP) is 2.26. The molecule has 0 aliphatic heterocycles. The second-order valence-electron chi connectivity index (χ2n) is 2.94. The molecular weight excluding hydrogens is 170 g/mol. The quantitative estimate of drug-likeness (QED) is 0.629. The third kappa shape index (κ3) is 2.64. The molecule has 0 heterocycles. The second kappa shape index (κ2) is 3.25. The van der Waals surface area contributed by atoms with Crippen molar-refractivity contribution < 1.29 is 23.4 Å². The van der Waals surface area contributed by atoms with Gasteiger partial charge in [0.1, 0.15) is 6.10 Å².